The molecule has 1 amide bonds. The van der Waals surface area contributed by atoms with Gasteiger partial charge in [0.1, 0.15) is 5.69 Å². The molecule has 10 heteroatoms. The molecule has 1 aromatic carbocycles. The Balaban J connectivity index is 2.32. The van der Waals surface area contributed by atoms with Crippen LogP contribution in [0.2, 0.25) is 0 Å². The number of nitro benzene ring substituents is 1. The Morgan fingerprint density at radius 2 is 2.19 bits per heavy atom. The first-order valence-corrected chi connectivity index (χ1v) is 8.74. The zero-order chi connectivity index (χ0) is 19.4. The third-order valence-electron chi connectivity index (χ3n) is 3.80. The Hall–Kier alpha value is -2.88. The summed E-state index contributed by atoms with van der Waals surface area (Å²) in [6.07, 6.45) is 0.888. The van der Waals surface area contributed by atoms with Crippen molar-refractivity contribution in [2.75, 3.05) is 11.1 Å². The number of H-pyrrole nitrogens is 1. The Bertz CT molecular complexity index is 912. The maximum Gasteiger partial charge on any atom is 0.277 e. The van der Waals surface area contributed by atoms with Crippen LogP contribution in [0.15, 0.2) is 28.2 Å². The molecule has 9 nitrogen and oxygen atoms in total. The first-order valence-electron chi connectivity index (χ1n) is 7.86. The van der Waals surface area contributed by atoms with Gasteiger partial charge in [0, 0.05) is 22.4 Å². The molecular weight excluding hydrogens is 358 g/mol. The van der Waals surface area contributed by atoms with E-state index >= 15 is 0 Å². The van der Waals surface area contributed by atoms with Gasteiger partial charge in [-0.05, 0) is 19.4 Å². The summed E-state index contributed by atoms with van der Waals surface area (Å²) in [5.74, 6) is -0.788. The minimum Gasteiger partial charge on any atom is -0.382 e. The Morgan fingerprint density at radius 3 is 2.77 bits per heavy atom. The molecule has 0 saturated carbocycles. The second kappa shape index (κ2) is 8.00. The maximum absolute atomic E-state index is 12.4. The SMILES string of the molecule is CC[C@H](C)Sc1nc(N)c(NC(=O)c2cccc([N+](=O)[O-])c2C)c(=O)[nH]1. The first kappa shape index (κ1) is 19.4. The first-order chi connectivity index (χ1) is 12.2. The third kappa shape index (κ3) is 4.20. The number of nitrogens with two attached hydrogens (primary N) is 1. The molecule has 2 rings (SSSR count). The highest BCUT2D eigenvalue weighted by molar-refractivity contribution is 7.99. The van der Waals surface area contributed by atoms with E-state index in [0.717, 1.165) is 6.42 Å². The lowest BCUT2D eigenvalue weighted by molar-refractivity contribution is -0.385. The number of nitro groups is 1. The molecule has 0 aliphatic carbocycles. The Labute approximate surface area is 153 Å². The average molecular weight is 377 g/mol. The van der Waals surface area contributed by atoms with E-state index in [9.17, 15) is 19.7 Å². The van der Waals surface area contributed by atoms with Crippen LogP contribution in [0, 0.1) is 17.0 Å². The summed E-state index contributed by atoms with van der Waals surface area (Å²) in [5, 5.41) is 14.0. The molecule has 1 heterocycles. The quantitative estimate of drug-likeness (QED) is 0.304. The van der Waals surface area contributed by atoms with Crippen molar-refractivity contribution in [3.8, 4) is 0 Å². The number of aromatic amines is 1. The lowest BCUT2D eigenvalue weighted by atomic mass is 10.1. The molecule has 0 bridgehead atoms. The minimum atomic E-state index is -0.674. The van der Waals surface area contributed by atoms with Crippen LogP contribution >= 0.6 is 11.8 Å². The van der Waals surface area contributed by atoms with E-state index in [2.05, 4.69) is 15.3 Å². The molecule has 2 aromatic rings. The Morgan fingerprint density at radius 1 is 1.50 bits per heavy atom. The van der Waals surface area contributed by atoms with E-state index in [1.54, 1.807) is 0 Å². The van der Waals surface area contributed by atoms with Gasteiger partial charge in [-0.2, -0.15) is 0 Å². The molecule has 0 spiro atoms. The number of nitrogens with zero attached hydrogens (tertiary/aromatic N) is 2. The highest BCUT2D eigenvalue weighted by Gasteiger charge is 2.20. The zero-order valence-corrected chi connectivity index (χ0v) is 15.3. The number of amides is 1. The number of nitrogen functional groups attached to an aromatic ring is 1. The van der Waals surface area contributed by atoms with Gasteiger partial charge in [-0.25, -0.2) is 4.98 Å². The molecular formula is C16H19N5O4S. The third-order valence-corrected chi connectivity index (χ3v) is 4.95. The van der Waals surface area contributed by atoms with Gasteiger partial charge in [0.05, 0.1) is 4.92 Å². The molecule has 138 valence electrons. The number of carbonyl (C=O) groups is 1. The van der Waals surface area contributed by atoms with E-state index in [1.165, 1.54) is 36.9 Å². The summed E-state index contributed by atoms with van der Waals surface area (Å²) in [6, 6.07) is 4.14. The fourth-order valence-corrected chi connectivity index (χ4v) is 3.02. The molecule has 4 N–H and O–H groups in total. The van der Waals surface area contributed by atoms with Gasteiger partial charge in [-0.1, -0.05) is 31.7 Å². The van der Waals surface area contributed by atoms with Crippen molar-refractivity contribution in [1.82, 2.24) is 9.97 Å². The summed E-state index contributed by atoms with van der Waals surface area (Å²) in [5.41, 5.74) is 5.14. The van der Waals surface area contributed by atoms with Crippen LogP contribution in [-0.4, -0.2) is 26.0 Å². The van der Waals surface area contributed by atoms with Crippen LogP contribution in [0.1, 0.15) is 36.2 Å². The molecule has 0 unspecified atom stereocenters. The lowest BCUT2D eigenvalue weighted by Gasteiger charge is -2.11. The van der Waals surface area contributed by atoms with Gasteiger partial charge in [0.15, 0.2) is 11.0 Å². The number of nitrogens with one attached hydrogen (secondary N) is 2. The monoisotopic (exact) mass is 377 g/mol. The van der Waals surface area contributed by atoms with Crippen molar-refractivity contribution in [1.29, 1.82) is 0 Å². The summed E-state index contributed by atoms with van der Waals surface area (Å²) in [4.78, 5) is 41.8. The Kier molecular flexibility index (Phi) is 5.98. The number of carbonyl (C=O) groups excluding carboxylic acids is 1. The van der Waals surface area contributed by atoms with Crippen molar-refractivity contribution in [3.05, 3.63) is 49.8 Å². The van der Waals surface area contributed by atoms with Crippen molar-refractivity contribution >= 4 is 34.9 Å². The van der Waals surface area contributed by atoms with Gasteiger partial charge in [-0.15, -0.1) is 0 Å². The molecule has 0 radical (unpaired) electrons. The van der Waals surface area contributed by atoms with Crippen LogP contribution in [0.4, 0.5) is 17.2 Å². The highest BCUT2D eigenvalue weighted by Crippen LogP contribution is 2.24. The summed E-state index contributed by atoms with van der Waals surface area (Å²) in [7, 11) is 0. The summed E-state index contributed by atoms with van der Waals surface area (Å²) < 4.78 is 0. The van der Waals surface area contributed by atoms with Crippen LogP contribution in [-0.2, 0) is 0 Å². The normalized spacial score (nSPS) is 11.8. The summed E-state index contributed by atoms with van der Waals surface area (Å²) in [6.45, 7) is 5.46. The molecule has 26 heavy (non-hydrogen) atoms. The molecule has 0 fully saturated rings. The molecule has 1 aromatic heterocycles. The number of anilines is 2. The number of hydrogen-bond acceptors (Lipinski definition) is 7. The number of hydrogen-bond donors (Lipinski definition) is 3. The molecule has 1 atom stereocenters. The van der Waals surface area contributed by atoms with Gasteiger partial charge in [-0.3, -0.25) is 24.7 Å². The standard InChI is InChI=1S/C16H19N5O4S/c1-4-8(2)26-16-19-13(17)12(15(23)20-16)18-14(22)10-6-5-7-11(9(10)3)21(24)25/h5-8H,4H2,1-3H3,(H,18,22)(H3,17,19,20,23)/t8-/m0/s1. The number of benzene rings is 1. The largest absolute Gasteiger partial charge is 0.382 e. The fourth-order valence-electron chi connectivity index (χ4n) is 2.17. The zero-order valence-electron chi connectivity index (χ0n) is 14.5. The van der Waals surface area contributed by atoms with E-state index in [4.69, 9.17) is 5.73 Å². The van der Waals surface area contributed by atoms with Gasteiger partial charge in [0.25, 0.3) is 17.2 Å². The topological polar surface area (TPSA) is 144 Å². The average Bonchev–Trinajstić information content (AvgIpc) is 2.57. The lowest BCUT2D eigenvalue weighted by Crippen LogP contribution is -2.23. The highest BCUT2D eigenvalue weighted by atomic mass is 32.2. The number of aromatic nitrogens is 2. The van der Waals surface area contributed by atoms with Crippen molar-refractivity contribution in [2.45, 2.75) is 37.6 Å². The van der Waals surface area contributed by atoms with Crippen LogP contribution in [0.25, 0.3) is 0 Å². The molecule has 0 aliphatic heterocycles. The predicted octanol–water partition coefficient (Wildman–Crippen LogP) is 2.71. The second-order valence-electron chi connectivity index (χ2n) is 5.63. The molecule has 0 aliphatic rings. The molecule has 0 saturated heterocycles. The number of thioether (sulfide) groups is 1. The fraction of sp³-hybridized carbons (Fsp3) is 0.312. The van der Waals surface area contributed by atoms with Gasteiger partial charge >= 0.3 is 0 Å². The number of rotatable bonds is 6. The van der Waals surface area contributed by atoms with Crippen molar-refractivity contribution < 1.29 is 9.72 Å². The second-order valence-corrected chi connectivity index (χ2v) is 7.06. The maximum atomic E-state index is 12.4. The van der Waals surface area contributed by atoms with E-state index in [0.29, 0.717) is 5.16 Å². The minimum absolute atomic E-state index is 0.0797. The van der Waals surface area contributed by atoms with Crippen molar-refractivity contribution in [3.63, 3.8) is 0 Å². The summed E-state index contributed by atoms with van der Waals surface area (Å²) >= 11 is 1.37. The van der Waals surface area contributed by atoms with E-state index in [-0.39, 0.29) is 33.6 Å². The van der Waals surface area contributed by atoms with Crippen LogP contribution in [0.3, 0.4) is 0 Å². The van der Waals surface area contributed by atoms with Gasteiger partial charge in [0.2, 0.25) is 0 Å². The van der Waals surface area contributed by atoms with Crippen LogP contribution < -0.4 is 16.6 Å². The van der Waals surface area contributed by atoms with Crippen LogP contribution in [0.5, 0.6) is 0 Å². The van der Waals surface area contributed by atoms with Crippen molar-refractivity contribution in [2.24, 2.45) is 0 Å². The smallest absolute Gasteiger partial charge is 0.277 e. The van der Waals surface area contributed by atoms with E-state index < -0.39 is 16.4 Å². The predicted molar refractivity (Wildman–Crippen MR) is 101 cm³/mol. The van der Waals surface area contributed by atoms with Gasteiger partial charge < -0.3 is 11.1 Å². The van der Waals surface area contributed by atoms with E-state index in [1.807, 2.05) is 13.8 Å².